The molecular weight excluding hydrogens is 561 g/mol. The molecule has 1 saturated heterocycles. The van der Waals surface area contributed by atoms with Gasteiger partial charge < -0.3 is 24.4 Å². The van der Waals surface area contributed by atoms with E-state index in [1.165, 1.54) is 24.8 Å². The lowest BCUT2D eigenvalue weighted by Crippen LogP contribution is -2.35. The van der Waals surface area contributed by atoms with Crippen LogP contribution < -0.4 is 14.8 Å². The highest BCUT2D eigenvalue weighted by Gasteiger charge is 2.24. The summed E-state index contributed by atoms with van der Waals surface area (Å²) in [4.78, 5) is 19.0. The Morgan fingerprint density at radius 1 is 1.02 bits per heavy atom. The van der Waals surface area contributed by atoms with E-state index >= 15 is 0 Å². The molecule has 12 heteroatoms. The monoisotopic (exact) mass is 585 g/mol. The molecule has 1 aliphatic rings. The van der Waals surface area contributed by atoms with Gasteiger partial charge in [0.25, 0.3) is 0 Å². The molecule has 1 N–H and O–H groups in total. The van der Waals surface area contributed by atoms with E-state index in [1.807, 2.05) is 24.3 Å². The molecule has 1 unspecified atom stereocenters. The molecule has 2 aromatic heterocycles. The number of nitrogens with zero attached hydrogens (tertiary/aromatic N) is 6. The standard InChI is InChI=1S/C30H25ClFN7O3/c1-40-30(18-2-3-19-14-34-16-35-25(19)10-18)42-28-13-26-22(12-27(28)41-21-6-8-39(15-33)9-7-21)29(37-17-36-26)38-20-4-5-24(32)23(31)11-20/h2-5,10-14,16-17,21,30H,6-9H2,1H3,(H,36,37,38). The Labute approximate surface area is 245 Å². The lowest BCUT2D eigenvalue weighted by molar-refractivity contribution is -0.0582. The van der Waals surface area contributed by atoms with Crippen LogP contribution in [0.5, 0.6) is 11.5 Å². The Morgan fingerprint density at radius 2 is 1.86 bits per heavy atom. The maximum Gasteiger partial charge on any atom is 0.226 e. The molecule has 3 aromatic carbocycles. The third kappa shape index (κ3) is 5.81. The van der Waals surface area contributed by atoms with Gasteiger partial charge in [-0.1, -0.05) is 23.7 Å². The van der Waals surface area contributed by atoms with Gasteiger partial charge in [0.15, 0.2) is 17.7 Å². The zero-order valence-electron chi connectivity index (χ0n) is 22.5. The number of nitriles is 1. The lowest BCUT2D eigenvalue weighted by atomic mass is 10.1. The number of hydrogen-bond acceptors (Lipinski definition) is 10. The van der Waals surface area contributed by atoms with Crippen molar-refractivity contribution in [2.75, 3.05) is 25.5 Å². The summed E-state index contributed by atoms with van der Waals surface area (Å²) in [6, 6.07) is 13.6. The van der Waals surface area contributed by atoms with Crippen molar-refractivity contribution in [2.24, 2.45) is 0 Å². The second kappa shape index (κ2) is 12.0. The van der Waals surface area contributed by atoms with E-state index in [0.29, 0.717) is 59.8 Å². The summed E-state index contributed by atoms with van der Waals surface area (Å²) in [6.45, 7) is 1.21. The predicted molar refractivity (Wildman–Crippen MR) is 155 cm³/mol. The fourth-order valence-electron chi connectivity index (χ4n) is 4.82. The zero-order chi connectivity index (χ0) is 29.1. The third-order valence-corrected chi connectivity index (χ3v) is 7.30. The molecule has 0 radical (unpaired) electrons. The van der Waals surface area contributed by atoms with Crippen LogP contribution in [0.1, 0.15) is 24.7 Å². The van der Waals surface area contributed by atoms with Gasteiger partial charge in [-0.15, -0.1) is 0 Å². The van der Waals surface area contributed by atoms with Crippen LogP contribution in [-0.4, -0.2) is 51.1 Å². The minimum absolute atomic E-state index is 0.00690. The average Bonchev–Trinajstić information content (AvgIpc) is 3.02. The van der Waals surface area contributed by atoms with Gasteiger partial charge in [-0.05, 0) is 30.3 Å². The predicted octanol–water partition coefficient (Wildman–Crippen LogP) is 6.16. The summed E-state index contributed by atoms with van der Waals surface area (Å²) in [6.07, 6.45) is 7.30. The molecule has 1 atom stereocenters. The van der Waals surface area contributed by atoms with Gasteiger partial charge in [0.1, 0.15) is 30.4 Å². The molecule has 1 fully saturated rings. The second-order valence-corrected chi connectivity index (χ2v) is 10.1. The van der Waals surface area contributed by atoms with Crippen molar-refractivity contribution >= 4 is 44.9 Å². The Bertz CT molecular complexity index is 1790. The van der Waals surface area contributed by atoms with Crippen molar-refractivity contribution in [3.8, 4) is 17.7 Å². The number of piperidine rings is 1. The minimum atomic E-state index is -0.773. The van der Waals surface area contributed by atoms with Gasteiger partial charge in [-0.25, -0.2) is 24.3 Å². The van der Waals surface area contributed by atoms with Gasteiger partial charge in [0.2, 0.25) is 6.29 Å². The van der Waals surface area contributed by atoms with Crippen LogP contribution in [0.25, 0.3) is 21.8 Å². The van der Waals surface area contributed by atoms with Crippen molar-refractivity contribution < 1.29 is 18.6 Å². The Morgan fingerprint density at radius 3 is 2.64 bits per heavy atom. The fraction of sp³-hybridized carbons (Fsp3) is 0.233. The van der Waals surface area contributed by atoms with Crippen molar-refractivity contribution in [3.63, 3.8) is 0 Å². The molecule has 0 bridgehead atoms. The van der Waals surface area contributed by atoms with E-state index in [0.717, 1.165) is 16.5 Å². The SMILES string of the molecule is COC(Oc1cc2ncnc(Nc3ccc(F)c(Cl)c3)c2cc1OC1CCN(C#N)CC1)c1ccc2cncnc2c1. The number of halogens is 2. The Hall–Kier alpha value is -4.79. The number of ether oxygens (including phenoxy) is 3. The number of fused-ring (bicyclic) bond motifs is 2. The highest BCUT2D eigenvalue weighted by atomic mass is 35.5. The largest absolute Gasteiger partial charge is 0.486 e. The van der Waals surface area contributed by atoms with E-state index in [1.54, 1.807) is 30.3 Å². The summed E-state index contributed by atoms with van der Waals surface area (Å²) in [5, 5.41) is 14.0. The Balaban J connectivity index is 1.37. The van der Waals surface area contributed by atoms with Crippen molar-refractivity contribution in [3.05, 3.63) is 83.8 Å². The van der Waals surface area contributed by atoms with E-state index in [9.17, 15) is 9.65 Å². The van der Waals surface area contributed by atoms with Crippen LogP contribution in [0, 0.1) is 17.3 Å². The van der Waals surface area contributed by atoms with Gasteiger partial charge in [-0.3, -0.25) is 0 Å². The summed E-state index contributed by atoms with van der Waals surface area (Å²) in [5.74, 6) is 0.865. The van der Waals surface area contributed by atoms with E-state index < -0.39 is 12.1 Å². The smallest absolute Gasteiger partial charge is 0.226 e. The van der Waals surface area contributed by atoms with Crippen LogP contribution in [-0.2, 0) is 4.74 Å². The maximum absolute atomic E-state index is 13.7. The number of hydrogen-bond donors (Lipinski definition) is 1. The molecule has 42 heavy (non-hydrogen) atoms. The molecule has 0 saturated carbocycles. The second-order valence-electron chi connectivity index (χ2n) is 9.72. The highest BCUT2D eigenvalue weighted by Crippen LogP contribution is 2.39. The first-order chi connectivity index (χ1) is 20.5. The van der Waals surface area contributed by atoms with Crippen LogP contribution in [0.4, 0.5) is 15.9 Å². The molecule has 6 rings (SSSR count). The van der Waals surface area contributed by atoms with E-state index in [-0.39, 0.29) is 11.1 Å². The fourth-order valence-corrected chi connectivity index (χ4v) is 5.00. The number of benzene rings is 3. The van der Waals surface area contributed by atoms with Crippen molar-refractivity contribution in [1.82, 2.24) is 24.8 Å². The average molecular weight is 586 g/mol. The van der Waals surface area contributed by atoms with Gasteiger partial charge >= 0.3 is 0 Å². The summed E-state index contributed by atoms with van der Waals surface area (Å²) in [7, 11) is 1.56. The quantitative estimate of drug-likeness (QED) is 0.167. The van der Waals surface area contributed by atoms with Gasteiger partial charge in [0.05, 0.1) is 16.1 Å². The molecule has 0 aliphatic carbocycles. The van der Waals surface area contributed by atoms with Crippen LogP contribution in [0.2, 0.25) is 5.02 Å². The first-order valence-corrected chi connectivity index (χ1v) is 13.6. The number of nitrogens with one attached hydrogen (secondary N) is 1. The minimum Gasteiger partial charge on any atom is -0.486 e. The number of rotatable bonds is 8. The topological polar surface area (TPSA) is 118 Å². The van der Waals surface area contributed by atoms with Crippen LogP contribution in [0.3, 0.4) is 0 Å². The molecule has 3 heterocycles. The van der Waals surface area contributed by atoms with Crippen LogP contribution in [0.15, 0.2) is 67.4 Å². The molecule has 1 aliphatic heterocycles. The normalized spacial score (nSPS) is 14.5. The number of anilines is 2. The summed E-state index contributed by atoms with van der Waals surface area (Å²) >= 11 is 5.99. The summed E-state index contributed by atoms with van der Waals surface area (Å²) < 4.78 is 32.4. The molecule has 212 valence electrons. The van der Waals surface area contributed by atoms with Crippen LogP contribution >= 0.6 is 11.6 Å². The van der Waals surface area contributed by atoms with Gasteiger partial charge in [-0.2, -0.15) is 5.26 Å². The molecule has 10 nitrogen and oxygen atoms in total. The van der Waals surface area contributed by atoms with Crippen molar-refractivity contribution in [1.29, 1.82) is 5.26 Å². The number of methoxy groups -OCH3 is 1. The first kappa shape index (κ1) is 27.4. The molecule has 5 aromatic rings. The van der Waals surface area contributed by atoms with E-state index in [4.69, 9.17) is 25.8 Å². The maximum atomic E-state index is 13.7. The molecular formula is C30H25ClFN7O3. The molecule has 0 amide bonds. The zero-order valence-corrected chi connectivity index (χ0v) is 23.3. The number of aromatic nitrogens is 4. The summed E-state index contributed by atoms with van der Waals surface area (Å²) in [5.41, 5.74) is 2.67. The Kier molecular flexibility index (Phi) is 7.81. The lowest BCUT2D eigenvalue weighted by Gasteiger charge is -2.29. The number of likely N-dealkylation sites (tertiary alicyclic amines) is 1. The first-order valence-electron chi connectivity index (χ1n) is 13.2. The van der Waals surface area contributed by atoms with E-state index in [2.05, 4.69) is 31.4 Å². The highest BCUT2D eigenvalue weighted by molar-refractivity contribution is 6.31. The van der Waals surface area contributed by atoms with Crippen molar-refractivity contribution in [2.45, 2.75) is 25.2 Å². The molecule has 0 spiro atoms. The third-order valence-electron chi connectivity index (χ3n) is 7.01. The van der Waals surface area contributed by atoms with Gasteiger partial charge in [0, 0.05) is 67.3 Å².